The molecular formula is C24H25N5O6. The van der Waals surface area contributed by atoms with Gasteiger partial charge in [0.05, 0.1) is 16.5 Å². The Morgan fingerprint density at radius 3 is 2.54 bits per heavy atom. The predicted molar refractivity (Wildman–Crippen MR) is 127 cm³/mol. The van der Waals surface area contributed by atoms with E-state index in [4.69, 9.17) is 0 Å². The van der Waals surface area contributed by atoms with Gasteiger partial charge in [-0.2, -0.15) is 0 Å². The number of carbonyl (C=O) groups excluding carboxylic acids is 2. The van der Waals surface area contributed by atoms with Gasteiger partial charge in [0.15, 0.2) is 0 Å². The fourth-order valence-corrected chi connectivity index (χ4v) is 4.51. The van der Waals surface area contributed by atoms with Gasteiger partial charge in [-0.1, -0.05) is 30.3 Å². The number of benzene rings is 2. The zero-order valence-electron chi connectivity index (χ0n) is 19.1. The molecule has 0 aliphatic carbocycles. The number of nitro benzene ring substituents is 1. The first-order valence-electron chi connectivity index (χ1n) is 11.2. The average molecular weight is 479 g/mol. The van der Waals surface area contributed by atoms with Gasteiger partial charge in [-0.3, -0.25) is 15.0 Å². The van der Waals surface area contributed by atoms with Crippen LogP contribution in [0.25, 0.3) is 0 Å². The standard InChI is InChI=1S/C24H25N5O6/c1-16-20(22(30)31)21(17-7-5-10-19(15-17)29(34)35)28(23(32)25-16)12-6-11-26-13-14-27(24(26)33)18-8-3-2-4-9-18/h2-5,7-10,15,21H,6,11-14H2,1H3,(H,25,32)(H,30,31). The van der Waals surface area contributed by atoms with E-state index in [2.05, 4.69) is 5.32 Å². The number of amides is 4. The smallest absolute Gasteiger partial charge is 0.335 e. The molecule has 0 radical (unpaired) electrons. The zero-order chi connectivity index (χ0) is 25.1. The summed E-state index contributed by atoms with van der Waals surface area (Å²) in [5.74, 6) is -1.22. The first kappa shape index (κ1) is 23.7. The van der Waals surface area contributed by atoms with Gasteiger partial charge in [0.25, 0.3) is 5.69 Å². The summed E-state index contributed by atoms with van der Waals surface area (Å²) in [6.45, 7) is 3.10. The molecule has 0 aromatic heterocycles. The summed E-state index contributed by atoms with van der Waals surface area (Å²) in [5, 5.41) is 23.7. The van der Waals surface area contributed by atoms with Crippen LogP contribution in [-0.2, 0) is 4.79 Å². The van der Waals surface area contributed by atoms with E-state index in [-0.39, 0.29) is 29.5 Å². The molecule has 2 heterocycles. The Kier molecular flexibility index (Phi) is 6.67. The number of para-hydroxylation sites is 1. The zero-order valence-corrected chi connectivity index (χ0v) is 19.1. The summed E-state index contributed by atoms with van der Waals surface area (Å²) < 4.78 is 0. The summed E-state index contributed by atoms with van der Waals surface area (Å²) in [6, 6.07) is 13.3. The van der Waals surface area contributed by atoms with Crippen molar-refractivity contribution < 1.29 is 24.4 Å². The van der Waals surface area contributed by atoms with Gasteiger partial charge in [-0.25, -0.2) is 14.4 Å². The molecule has 11 heteroatoms. The molecule has 11 nitrogen and oxygen atoms in total. The van der Waals surface area contributed by atoms with E-state index < -0.39 is 23.0 Å². The van der Waals surface area contributed by atoms with Gasteiger partial charge in [-0.05, 0) is 31.0 Å². The molecular weight excluding hydrogens is 454 g/mol. The van der Waals surface area contributed by atoms with E-state index in [0.29, 0.717) is 31.6 Å². The minimum absolute atomic E-state index is 0.0578. The third-order valence-electron chi connectivity index (χ3n) is 6.16. The van der Waals surface area contributed by atoms with Crippen molar-refractivity contribution in [2.45, 2.75) is 19.4 Å². The fraction of sp³-hybridized carbons (Fsp3) is 0.292. The largest absolute Gasteiger partial charge is 0.478 e. The number of aliphatic carboxylic acids is 1. The van der Waals surface area contributed by atoms with Gasteiger partial charge in [0.1, 0.15) is 0 Å². The van der Waals surface area contributed by atoms with Crippen LogP contribution in [0.5, 0.6) is 0 Å². The van der Waals surface area contributed by atoms with Gasteiger partial charge in [0.2, 0.25) is 0 Å². The average Bonchev–Trinajstić information content (AvgIpc) is 3.20. The van der Waals surface area contributed by atoms with Crippen LogP contribution < -0.4 is 10.2 Å². The van der Waals surface area contributed by atoms with E-state index in [1.54, 1.807) is 15.9 Å². The maximum atomic E-state index is 12.9. The van der Waals surface area contributed by atoms with Crippen molar-refractivity contribution in [3.05, 3.63) is 81.5 Å². The highest BCUT2D eigenvalue weighted by atomic mass is 16.6. The molecule has 1 atom stereocenters. The molecule has 0 spiro atoms. The molecule has 35 heavy (non-hydrogen) atoms. The number of allylic oxidation sites excluding steroid dienone is 1. The minimum atomic E-state index is -1.22. The number of carboxylic acids is 1. The van der Waals surface area contributed by atoms with Gasteiger partial charge in [-0.15, -0.1) is 0 Å². The summed E-state index contributed by atoms with van der Waals surface area (Å²) in [4.78, 5) is 53.2. The number of urea groups is 2. The Balaban J connectivity index is 1.52. The Morgan fingerprint density at radius 2 is 1.86 bits per heavy atom. The van der Waals surface area contributed by atoms with Crippen molar-refractivity contribution in [1.82, 2.24) is 15.1 Å². The Hall–Kier alpha value is -4.41. The van der Waals surface area contributed by atoms with Gasteiger partial charge < -0.3 is 20.2 Å². The van der Waals surface area contributed by atoms with Crippen LogP contribution in [0.2, 0.25) is 0 Å². The number of non-ortho nitro benzene ring substituents is 1. The lowest BCUT2D eigenvalue weighted by molar-refractivity contribution is -0.384. The highest BCUT2D eigenvalue weighted by molar-refractivity contribution is 5.94. The summed E-state index contributed by atoms with van der Waals surface area (Å²) >= 11 is 0. The van der Waals surface area contributed by atoms with E-state index >= 15 is 0 Å². The maximum absolute atomic E-state index is 12.9. The number of carbonyl (C=O) groups is 3. The molecule has 2 aliphatic rings. The molecule has 0 bridgehead atoms. The fourth-order valence-electron chi connectivity index (χ4n) is 4.51. The number of hydrogen-bond acceptors (Lipinski definition) is 5. The third-order valence-corrected chi connectivity index (χ3v) is 6.16. The summed E-state index contributed by atoms with van der Waals surface area (Å²) in [6.07, 6.45) is 0.402. The molecule has 4 rings (SSSR count). The summed E-state index contributed by atoms with van der Waals surface area (Å²) in [5.41, 5.74) is 1.08. The second-order valence-corrected chi connectivity index (χ2v) is 8.33. The van der Waals surface area contributed by atoms with Crippen LogP contribution in [0.1, 0.15) is 24.9 Å². The third kappa shape index (κ3) is 4.79. The molecule has 0 saturated carbocycles. The van der Waals surface area contributed by atoms with Crippen molar-refractivity contribution in [1.29, 1.82) is 0 Å². The Morgan fingerprint density at radius 1 is 1.11 bits per heavy atom. The molecule has 4 amide bonds. The van der Waals surface area contributed by atoms with E-state index in [9.17, 15) is 29.6 Å². The number of nitrogens with one attached hydrogen (secondary N) is 1. The molecule has 182 valence electrons. The van der Waals surface area contributed by atoms with Crippen molar-refractivity contribution >= 4 is 29.4 Å². The highest BCUT2D eigenvalue weighted by Crippen LogP contribution is 2.35. The van der Waals surface area contributed by atoms with E-state index in [0.717, 1.165) is 5.69 Å². The number of anilines is 1. The quantitative estimate of drug-likeness (QED) is 0.440. The molecule has 1 unspecified atom stereocenters. The lowest BCUT2D eigenvalue weighted by Gasteiger charge is -2.37. The minimum Gasteiger partial charge on any atom is -0.478 e. The van der Waals surface area contributed by atoms with Crippen LogP contribution in [-0.4, -0.2) is 64.0 Å². The number of rotatable bonds is 8. The van der Waals surface area contributed by atoms with Gasteiger partial charge >= 0.3 is 18.0 Å². The highest BCUT2D eigenvalue weighted by Gasteiger charge is 2.38. The molecule has 2 N–H and O–H groups in total. The molecule has 1 saturated heterocycles. The lowest BCUT2D eigenvalue weighted by Crippen LogP contribution is -2.49. The number of nitro groups is 1. The van der Waals surface area contributed by atoms with Crippen molar-refractivity contribution in [3.8, 4) is 0 Å². The van der Waals surface area contributed by atoms with Crippen molar-refractivity contribution in [2.75, 3.05) is 31.1 Å². The number of carboxylic acid groups (broad SMARTS) is 1. The molecule has 2 aromatic rings. The first-order chi connectivity index (χ1) is 16.8. The van der Waals surface area contributed by atoms with Crippen LogP contribution in [0.4, 0.5) is 21.0 Å². The molecule has 1 fully saturated rings. The molecule has 2 aromatic carbocycles. The number of nitrogens with zero attached hydrogens (tertiary/aromatic N) is 4. The second-order valence-electron chi connectivity index (χ2n) is 8.33. The van der Waals surface area contributed by atoms with Crippen molar-refractivity contribution in [2.24, 2.45) is 0 Å². The Bertz CT molecular complexity index is 1200. The predicted octanol–water partition coefficient (Wildman–Crippen LogP) is 3.35. The SMILES string of the molecule is CC1=C(C(=O)O)C(c2cccc([N+](=O)[O-])c2)N(CCCN2CCN(c3ccccc3)C2=O)C(=O)N1. The lowest BCUT2D eigenvalue weighted by atomic mass is 9.93. The van der Waals surface area contributed by atoms with Crippen LogP contribution in [0.15, 0.2) is 65.9 Å². The monoisotopic (exact) mass is 479 g/mol. The summed E-state index contributed by atoms with van der Waals surface area (Å²) in [7, 11) is 0. The first-order valence-corrected chi connectivity index (χ1v) is 11.2. The molecule has 2 aliphatic heterocycles. The maximum Gasteiger partial charge on any atom is 0.335 e. The van der Waals surface area contributed by atoms with Crippen LogP contribution in [0, 0.1) is 10.1 Å². The van der Waals surface area contributed by atoms with Crippen molar-refractivity contribution in [3.63, 3.8) is 0 Å². The normalized spacial score (nSPS) is 18.2. The van der Waals surface area contributed by atoms with E-state index in [1.807, 2.05) is 30.3 Å². The van der Waals surface area contributed by atoms with Gasteiger partial charge in [0, 0.05) is 49.7 Å². The van der Waals surface area contributed by atoms with Crippen LogP contribution in [0.3, 0.4) is 0 Å². The Labute approximate surface area is 201 Å². The van der Waals surface area contributed by atoms with Crippen LogP contribution >= 0.6 is 0 Å². The second kappa shape index (κ2) is 9.84. The number of hydrogen-bond donors (Lipinski definition) is 2. The van der Waals surface area contributed by atoms with E-state index in [1.165, 1.54) is 30.0 Å². The topological polar surface area (TPSA) is 136 Å².